The fraction of sp³-hybridized carbons (Fsp3) is 0.417. The first-order chi connectivity index (χ1) is 7.63. The van der Waals surface area contributed by atoms with Gasteiger partial charge in [-0.15, -0.1) is 0 Å². The molecule has 1 saturated carbocycles. The third-order valence-corrected chi connectivity index (χ3v) is 2.93. The van der Waals surface area contributed by atoms with Crippen molar-refractivity contribution in [3.63, 3.8) is 0 Å². The van der Waals surface area contributed by atoms with E-state index < -0.39 is 5.97 Å². The number of carbonyl (C=O) groups is 1. The summed E-state index contributed by atoms with van der Waals surface area (Å²) in [4.78, 5) is 10.6. The largest absolute Gasteiger partial charge is 0.493 e. The minimum atomic E-state index is -0.828. The highest BCUT2D eigenvalue weighted by atomic mass is 79.9. The van der Waals surface area contributed by atoms with E-state index in [1.54, 1.807) is 12.1 Å². The Morgan fingerprint density at radius 2 is 2.19 bits per heavy atom. The zero-order valence-electron chi connectivity index (χ0n) is 8.78. The zero-order chi connectivity index (χ0) is 11.5. The van der Waals surface area contributed by atoms with Crippen LogP contribution in [0.2, 0.25) is 0 Å². The van der Waals surface area contributed by atoms with Crippen LogP contribution in [0.1, 0.15) is 18.4 Å². The van der Waals surface area contributed by atoms with Crippen LogP contribution < -0.4 is 4.74 Å². The average Bonchev–Trinajstić information content (AvgIpc) is 2.95. The van der Waals surface area contributed by atoms with E-state index in [9.17, 15) is 4.79 Å². The second-order valence-electron chi connectivity index (χ2n) is 4.12. The molecular formula is C12H13BrO3. The summed E-state index contributed by atoms with van der Waals surface area (Å²) in [6.45, 7) is 0.739. The molecule has 1 aliphatic rings. The fourth-order valence-corrected chi connectivity index (χ4v) is 2.00. The third kappa shape index (κ3) is 3.52. The number of carboxylic acid groups (broad SMARTS) is 1. The first kappa shape index (κ1) is 11.5. The van der Waals surface area contributed by atoms with Crippen LogP contribution in [-0.4, -0.2) is 17.7 Å². The Bertz CT molecular complexity index is 399. The van der Waals surface area contributed by atoms with Crippen LogP contribution in [0.15, 0.2) is 22.7 Å². The van der Waals surface area contributed by atoms with Crippen molar-refractivity contribution in [3.8, 4) is 5.75 Å². The van der Waals surface area contributed by atoms with Crippen molar-refractivity contribution in [2.75, 3.05) is 6.61 Å². The van der Waals surface area contributed by atoms with Crippen molar-refractivity contribution in [1.82, 2.24) is 0 Å². The van der Waals surface area contributed by atoms with E-state index in [-0.39, 0.29) is 6.42 Å². The molecular weight excluding hydrogens is 272 g/mol. The minimum absolute atomic E-state index is 0.0270. The van der Waals surface area contributed by atoms with Crippen LogP contribution in [0.4, 0.5) is 0 Å². The normalized spacial score (nSPS) is 14.8. The number of aliphatic carboxylic acids is 1. The third-order valence-electron chi connectivity index (χ3n) is 2.47. The first-order valence-electron chi connectivity index (χ1n) is 5.27. The van der Waals surface area contributed by atoms with E-state index in [4.69, 9.17) is 9.84 Å². The van der Waals surface area contributed by atoms with Gasteiger partial charge in [-0.05, 0) is 42.5 Å². The summed E-state index contributed by atoms with van der Waals surface area (Å²) in [5, 5.41) is 8.72. The Morgan fingerprint density at radius 3 is 2.81 bits per heavy atom. The van der Waals surface area contributed by atoms with Crippen LogP contribution in [0.3, 0.4) is 0 Å². The molecule has 0 aliphatic heterocycles. The molecule has 0 bridgehead atoms. The standard InChI is InChI=1S/C12H13BrO3/c13-10-3-9(5-12(14)15)4-11(6-10)16-7-8-1-2-8/h3-4,6,8H,1-2,5,7H2,(H,14,15). The average molecular weight is 285 g/mol. The summed E-state index contributed by atoms with van der Waals surface area (Å²) in [5.74, 6) is 0.616. The van der Waals surface area contributed by atoms with Crippen LogP contribution in [0, 0.1) is 5.92 Å². The van der Waals surface area contributed by atoms with Crippen LogP contribution in [0.25, 0.3) is 0 Å². The van der Waals surface area contributed by atoms with Crippen LogP contribution in [-0.2, 0) is 11.2 Å². The van der Waals surface area contributed by atoms with Gasteiger partial charge < -0.3 is 9.84 Å². The number of hydrogen-bond acceptors (Lipinski definition) is 2. The van der Waals surface area contributed by atoms with Gasteiger partial charge in [0.1, 0.15) is 5.75 Å². The Hall–Kier alpha value is -1.03. The lowest BCUT2D eigenvalue weighted by atomic mass is 10.1. The molecule has 0 radical (unpaired) electrons. The fourth-order valence-electron chi connectivity index (χ4n) is 1.48. The van der Waals surface area contributed by atoms with Gasteiger partial charge in [0.05, 0.1) is 13.0 Å². The monoisotopic (exact) mass is 284 g/mol. The number of halogens is 1. The maximum absolute atomic E-state index is 10.6. The number of carboxylic acids is 1. The SMILES string of the molecule is O=C(O)Cc1cc(Br)cc(OCC2CC2)c1. The van der Waals surface area contributed by atoms with Crippen LogP contribution >= 0.6 is 15.9 Å². The smallest absolute Gasteiger partial charge is 0.307 e. The highest BCUT2D eigenvalue weighted by molar-refractivity contribution is 9.10. The molecule has 3 nitrogen and oxygen atoms in total. The van der Waals surface area contributed by atoms with Gasteiger partial charge in [-0.3, -0.25) is 4.79 Å². The summed E-state index contributed by atoms with van der Waals surface area (Å²) in [6, 6.07) is 5.47. The van der Waals surface area contributed by atoms with E-state index >= 15 is 0 Å². The van der Waals surface area contributed by atoms with Gasteiger partial charge in [0, 0.05) is 4.47 Å². The minimum Gasteiger partial charge on any atom is -0.493 e. The summed E-state index contributed by atoms with van der Waals surface area (Å²) >= 11 is 3.35. The molecule has 0 heterocycles. The highest BCUT2D eigenvalue weighted by Gasteiger charge is 2.22. The van der Waals surface area contributed by atoms with E-state index in [0.717, 1.165) is 22.4 Å². The molecule has 0 atom stereocenters. The van der Waals surface area contributed by atoms with Gasteiger partial charge in [-0.2, -0.15) is 0 Å². The quantitative estimate of drug-likeness (QED) is 0.904. The summed E-state index contributed by atoms with van der Waals surface area (Å²) < 4.78 is 6.47. The van der Waals surface area contributed by atoms with Crippen molar-refractivity contribution in [2.24, 2.45) is 5.92 Å². The Labute approximate surface area is 103 Å². The Morgan fingerprint density at radius 1 is 1.44 bits per heavy atom. The molecule has 0 unspecified atom stereocenters. The van der Waals surface area contributed by atoms with E-state index in [1.165, 1.54) is 12.8 Å². The van der Waals surface area contributed by atoms with Gasteiger partial charge in [0.25, 0.3) is 0 Å². The molecule has 4 heteroatoms. The molecule has 1 aromatic carbocycles. The summed E-state index contributed by atoms with van der Waals surface area (Å²) in [5.41, 5.74) is 0.757. The number of ether oxygens (including phenoxy) is 1. The molecule has 16 heavy (non-hydrogen) atoms. The second-order valence-corrected chi connectivity index (χ2v) is 5.04. The van der Waals surface area contributed by atoms with Crippen molar-refractivity contribution in [1.29, 1.82) is 0 Å². The van der Waals surface area contributed by atoms with Gasteiger partial charge in [-0.1, -0.05) is 15.9 Å². The molecule has 2 rings (SSSR count). The van der Waals surface area contributed by atoms with E-state index in [0.29, 0.717) is 5.92 Å². The Kier molecular flexibility index (Phi) is 3.49. The van der Waals surface area contributed by atoms with E-state index in [2.05, 4.69) is 15.9 Å². The lowest BCUT2D eigenvalue weighted by molar-refractivity contribution is -0.136. The zero-order valence-corrected chi connectivity index (χ0v) is 10.4. The molecule has 1 aromatic rings. The number of benzene rings is 1. The van der Waals surface area contributed by atoms with Gasteiger partial charge in [0.2, 0.25) is 0 Å². The van der Waals surface area contributed by atoms with Gasteiger partial charge in [-0.25, -0.2) is 0 Å². The topological polar surface area (TPSA) is 46.5 Å². The molecule has 0 aromatic heterocycles. The molecule has 1 aliphatic carbocycles. The van der Waals surface area contributed by atoms with Crippen molar-refractivity contribution < 1.29 is 14.6 Å². The summed E-state index contributed by atoms with van der Waals surface area (Å²) in [7, 11) is 0. The van der Waals surface area contributed by atoms with Crippen LogP contribution in [0.5, 0.6) is 5.75 Å². The lowest BCUT2D eigenvalue weighted by Crippen LogP contribution is -2.02. The highest BCUT2D eigenvalue weighted by Crippen LogP contribution is 2.30. The van der Waals surface area contributed by atoms with Gasteiger partial charge in [0.15, 0.2) is 0 Å². The second kappa shape index (κ2) is 4.87. The van der Waals surface area contributed by atoms with Crippen molar-refractivity contribution in [3.05, 3.63) is 28.2 Å². The maximum Gasteiger partial charge on any atom is 0.307 e. The van der Waals surface area contributed by atoms with Gasteiger partial charge >= 0.3 is 5.97 Å². The van der Waals surface area contributed by atoms with Crippen molar-refractivity contribution in [2.45, 2.75) is 19.3 Å². The predicted molar refractivity (Wildman–Crippen MR) is 63.7 cm³/mol. The molecule has 1 N–H and O–H groups in total. The molecule has 0 spiro atoms. The Balaban J connectivity index is 2.04. The molecule has 0 amide bonds. The molecule has 86 valence electrons. The summed E-state index contributed by atoms with van der Waals surface area (Å²) in [6.07, 6.45) is 2.52. The predicted octanol–water partition coefficient (Wildman–Crippen LogP) is 2.87. The van der Waals surface area contributed by atoms with E-state index in [1.807, 2.05) is 6.07 Å². The lowest BCUT2D eigenvalue weighted by Gasteiger charge is -2.07. The number of hydrogen-bond donors (Lipinski definition) is 1. The first-order valence-corrected chi connectivity index (χ1v) is 6.07. The number of rotatable bonds is 5. The maximum atomic E-state index is 10.6. The van der Waals surface area contributed by atoms with Crippen molar-refractivity contribution >= 4 is 21.9 Å². The molecule has 0 saturated heterocycles. The molecule has 1 fully saturated rings.